The summed E-state index contributed by atoms with van der Waals surface area (Å²) in [5.74, 6) is 5.05. The second-order valence-corrected chi connectivity index (χ2v) is 7.84. The second-order valence-electron chi connectivity index (χ2n) is 7.84. The Bertz CT molecular complexity index is 472. The van der Waals surface area contributed by atoms with Crippen molar-refractivity contribution < 1.29 is 0 Å². The summed E-state index contributed by atoms with van der Waals surface area (Å²) in [5, 5.41) is 0. The molecule has 0 heteroatoms. The lowest BCUT2D eigenvalue weighted by atomic mass is 9.52. The van der Waals surface area contributed by atoms with Crippen molar-refractivity contribution in [3.63, 3.8) is 0 Å². The Balaban J connectivity index is 2.06. The molecule has 20 heavy (non-hydrogen) atoms. The topological polar surface area (TPSA) is 0 Å². The molecule has 0 nitrogen and oxygen atoms in total. The Morgan fingerprint density at radius 3 is 2.60 bits per heavy atom. The van der Waals surface area contributed by atoms with Crippen LogP contribution in [0.4, 0.5) is 0 Å². The fourth-order valence-corrected chi connectivity index (χ4v) is 5.35. The van der Waals surface area contributed by atoms with Gasteiger partial charge in [0.2, 0.25) is 0 Å². The Morgan fingerprint density at radius 2 is 1.90 bits per heavy atom. The molecule has 3 aliphatic carbocycles. The average molecular weight is 270 g/mol. The zero-order valence-corrected chi connectivity index (χ0v) is 13.8. The van der Waals surface area contributed by atoms with Gasteiger partial charge in [-0.25, -0.2) is 0 Å². The first-order chi connectivity index (χ1) is 9.49. The first kappa shape index (κ1) is 14.2. The van der Waals surface area contributed by atoms with Gasteiger partial charge < -0.3 is 0 Å². The lowest BCUT2D eigenvalue weighted by Gasteiger charge is -2.53. The summed E-state index contributed by atoms with van der Waals surface area (Å²) in [5.41, 5.74) is 4.81. The van der Waals surface area contributed by atoms with E-state index in [0.717, 1.165) is 29.6 Å². The van der Waals surface area contributed by atoms with Crippen LogP contribution in [0.25, 0.3) is 0 Å². The fourth-order valence-electron chi connectivity index (χ4n) is 5.35. The molecule has 110 valence electrons. The maximum atomic E-state index is 2.59. The normalized spacial score (nSPS) is 43.2. The van der Waals surface area contributed by atoms with E-state index in [2.05, 4.69) is 52.8 Å². The van der Waals surface area contributed by atoms with E-state index in [-0.39, 0.29) is 0 Å². The average Bonchev–Trinajstić information content (AvgIpc) is 2.36. The third-order valence-electron chi connectivity index (χ3n) is 6.26. The summed E-state index contributed by atoms with van der Waals surface area (Å²) in [6, 6.07) is 0. The summed E-state index contributed by atoms with van der Waals surface area (Å²) < 4.78 is 0. The summed E-state index contributed by atoms with van der Waals surface area (Å²) in [6.07, 6.45) is 11.9. The maximum Gasteiger partial charge on any atom is 0.00201 e. The molecule has 0 heterocycles. The van der Waals surface area contributed by atoms with Crippen LogP contribution >= 0.6 is 0 Å². The molecule has 1 fully saturated rings. The number of hydrogen-bond donors (Lipinski definition) is 0. The van der Waals surface area contributed by atoms with Gasteiger partial charge in [-0.3, -0.25) is 0 Å². The van der Waals surface area contributed by atoms with E-state index in [9.17, 15) is 0 Å². The van der Waals surface area contributed by atoms with Gasteiger partial charge in [-0.05, 0) is 76.5 Å². The molecule has 0 aromatic carbocycles. The Hall–Kier alpha value is -0.780. The molecular weight excluding hydrogens is 240 g/mol. The van der Waals surface area contributed by atoms with Crippen LogP contribution in [0.1, 0.15) is 53.9 Å². The molecule has 0 amide bonds. The highest BCUT2D eigenvalue weighted by molar-refractivity contribution is 5.29. The highest BCUT2D eigenvalue weighted by atomic mass is 14.5. The first-order valence-electron chi connectivity index (χ1n) is 8.49. The van der Waals surface area contributed by atoms with Gasteiger partial charge in [-0.15, -0.1) is 0 Å². The van der Waals surface area contributed by atoms with E-state index in [1.807, 2.05) is 0 Å². The summed E-state index contributed by atoms with van der Waals surface area (Å²) in [6.45, 7) is 11.8. The van der Waals surface area contributed by atoms with E-state index in [0.29, 0.717) is 5.92 Å². The van der Waals surface area contributed by atoms with Gasteiger partial charge in [0.05, 0.1) is 0 Å². The SMILES string of the molecule is CC(C)=C[C@H]1C=C(C)[C@H]2CC[C@H](C)[C@@H]3CC=C(C)[C@@H]1[C@@H]32. The third kappa shape index (κ3) is 2.22. The fraction of sp³-hybridized carbons (Fsp3) is 0.700. The molecule has 0 saturated heterocycles. The number of rotatable bonds is 1. The predicted molar refractivity (Wildman–Crippen MR) is 87.4 cm³/mol. The van der Waals surface area contributed by atoms with E-state index >= 15 is 0 Å². The zero-order valence-electron chi connectivity index (χ0n) is 13.8. The molecule has 0 aromatic rings. The molecule has 0 radical (unpaired) electrons. The minimum Gasteiger partial charge on any atom is -0.0850 e. The molecule has 0 N–H and O–H groups in total. The Morgan fingerprint density at radius 1 is 1.15 bits per heavy atom. The summed E-state index contributed by atoms with van der Waals surface area (Å²) in [7, 11) is 0. The molecule has 0 aromatic heterocycles. The van der Waals surface area contributed by atoms with Crippen molar-refractivity contribution in [1.82, 2.24) is 0 Å². The predicted octanol–water partition coefficient (Wildman–Crippen LogP) is 5.77. The molecule has 6 atom stereocenters. The molecule has 1 saturated carbocycles. The van der Waals surface area contributed by atoms with Gasteiger partial charge in [0.1, 0.15) is 0 Å². The van der Waals surface area contributed by atoms with Crippen LogP contribution in [-0.4, -0.2) is 0 Å². The van der Waals surface area contributed by atoms with Crippen LogP contribution in [0.15, 0.2) is 34.9 Å². The van der Waals surface area contributed by atoms with Crippen LogP contribution in [-0.2, 0) is 0 Å². The van der Waals surface area contributed by atoms with Gasteiger partial charge >= 0.3 is 0 Å². The second kappa shape index (κ2) is 5.20. The van der Waals surface area contributed by atoms with Gasteiger partial charge in [-0.1, -0.05) is 41.9 Å². The van der Waals surface area contributed by atoms with Crippen molar-refractivity contribution in [1.29, 1.82) is 0 Å². The van der Waals surface area contributed by atoms with Crippen LogP contribution < -0.4 is 0 Å². The molecule has 3 aliphatic rings. The Labute approximate surface area is 125 Å². The van der Waals surface area contributed by atoms with E-state index < -0.39 is 0 Å². The van der Waals surface area contributed by atoms with Crippen LogP contribution in [0.3, 0.4) is 0 Å². The maximum absolute atomic E-state index is 2.59. The van der Waals surface area contributed by atoms with E-state index in [4.69, 9.17) is 0 Å². The summed E-state index contributed by atoms with van der Waals surface area (Å²) >= 11 is 0. The smallest absolute Gasteiger partial charge is 0.00201 e. The molecular formula is C20H30. The molecule has 3 rings (SSSR count). The van der Waals surface area contributed by atoms with Crippen molar-refractivity contribution in [2.45, 2.75) is 53.9 Å². The third-order valence-corrected chi connectivity index (χ3v) is 6.26. The van der Waals surface area contributed by atoms with Crippen molar-refractivity contribution in [3.05, 3.63) is 34.9 Å². The standard InChI is InChI=1S/C20H30/c1-12(2)10-16-11-15(5)18-8-6-13(3)17-9-7-14(4)19(16)20(17)18/h7,10-11,13,16-20H,6,8-9H2,1-5H3/t13-,16-,17-,18+,19-,20-/m0/s1. The Kier molecular flexibility index (Phi) is 3.69. The van der Waals surface area contributed by atoms with Crippen molar-refractivity contribution in [3.8, 4) is 0 Å². The largest absolute Gasteiger partial charge is 0.0850 e. The van der Waals surface area contributed by atoms with Crippen molar-refractivity contribution >= 4 is 0 Å². The molecule has 0 aliphatic heterocycles. The van der Waals surface area contributed by atoms with Gasteiger partial charge in [-0.2, -0.15) is 0 Å². The molecule has 0 bridgehead atoms. The summed E-state index contributed by atoms with van der Waals surface area (Å²) in [4.78, 5) is 0. The number of hydrogen-bond acceptors (Lipinski definition) is 0. The highest BCUT2D eigenvalue weighted by Gasteiger charge is 2.47. The minimum absolute atomic E-state index is 0.644. The molecule has 0 unspecified atom stereocenters. The first-order valence-corrected chi connectivity index (χ1v) is 8.49. The van der Waals surface area contributed by atoms with Crippen molar-refractivity contribution in [2.75, 3.05) is 0 Å². The van der Waals surface area contributed by atoms with Crippen LogP contribution in [0.2, 0.25) is 0 Å². The lowest BCUT2D eigenvalue weighted by Crippen LogP contribution is -2.45. The van der Waals surface area contributed by atoms with Gasteiger partial charge in [0.15, 0.2) is 0 Å². The van der Waals surface area contributed by atoms with Crippen molar-refractivity contribution in [2.24, 2.45) is 35.5 Å². The highest BCUT2D eigenvalue weighted by Crippen LogP contribution is 2.56. The van der Waals surface area contributed by atoms with Gasteiger partial charge in [0.25, 0.3) is 0 Å². The van der Waals surface area contributed by atoms with Gasteiger partial charge in [0, 0.05) is 5.92 Å². The van der Waals surface area contributed by atoms with Crippen LogP contribution in [0.5, 0.6) is 0 Å². The quantitative estimate of drug-likeness (QED) is 0.530. The number of allylic oxidation sites excluding steroid dienone is 6. The zero-order chi connectivity index (χ0) is 14.4. The van der Waals surface area contributed by atoms with E-state index in [1.54, 1.807) is 11.1 Å². The van der Waals surface area contributed by atoms with E-state index in [1.165, 1.54) is 24.8 Å². The lowest BCUT2D eigenvalue weighted by molar-refractivity contribution is 0.0525. The monoisotopic (exact) mass is 270 g/mol. The van der Waals surface area contributed by atoms with Crippen LogP contribution in [0, 0.1) is 35.5 Å². The molecule has 0 spiro atoms. The minimum atomic E-state index is 0.644.